The third-order valence-electron chi connectivity index (χ3n) is 2.20. The predicted octanol–water partition coefficient (Wildman–Crippen LogP) is 1.18. The molecule has 0 unspecified atom stereocenters. The molecule has 1 rings (SSSR count). The molecule has 112 valence electrons. The van der Waals surface area contributed by atoms with E-state index in [0.29, 0.717) is 0 Å². The molecule has 1 aromatic carbocycles. The summed E-state index contributed by atoms with van der Waals surface area (Å²) in [6, 6.07) is 3.69. The van der Waals surface area contributed by atoms with Crippen LogP contribution in [0.1, 0.15) is 20.8 Å². The van der Waals surface area contributed by atoms with E-state index in [-0.39, 0.29) is 17.1 Å². The molecule has 7 nitrogen and oxygen atoms in total. The Hall–Kier alpha value is -2.83. The van der Waals surface area contributed by atoms with E-state index in [4.69, 9.17) is 16.0 Å². The number of benzene rings is 1. The second-order valence-corrected chi connectivity index (χ2v) is 3.95. The van der Waals surface area contributed by atoms with E-state index in [2.05, 4.69) is 5.32 Å². The van der Waals surface area contributed by atoms with Crippen LogP contribution in [0.4, 0.5) is 0 Å². The third kappa shape index (κ3) is 4.98. The zero-order chi connectivity index (χ0) is 16.9. The largest absolute Gasteiger partial charge is 0.493 e. The molecule has 0 saturated heterocycles. The summed E-state index contributed by atoms with van der Waals surface area (Å²) in [7, 11) is 1.34. The van der Waals surface area contributed by atoms with Crippen molar-refractivity contribution in [1.29, 1.82) is 0 Å². The number of amides is 1. The summed E-state index contributed by atoms with van der Waals surface area (Å²) in [5.74, 6) is -2.29. The SMILES string of the molecule is [2H]/C(=C(/NC(C)=O)C(=O)O)c1ccc(OC(C)=O)c(OC)c1. The Bertz CT molecular complexity index is 653. The molecule has 0 spiro atoms. The van der Waals surface area contributed by atoms with Crippen molar-refractivity contribution < 1.29 is 30.3 Å². The highest BCUT2D eigenvalue weighted by molar-refractivity contribution is 5.96. The van der Waals surface area contributed by atoms with E-state index in [9.17, 15) is 14.4 Å². The summed E-state index contributed by atoms with van der Waals surface area (Å²) in [5.41, 5.74) is -0.381. The van der Waals surface area contributed by atoms with Crippen LogP contribution in [-0.2, 0) is 14.4 Å². The first-order chi connectivity index (χ1) is 10.3. The monoisotopic (exact) mass is 294 g/mol. The molecule has 0 aromatic heterocycles. The Labute approximate surface area is 122 Å². The maximum atomic E-state index is 11.1. The fraction of sp³-hybridized carbons (Fsp3) is 0.214. The van der Waals surface area contributed by atoms with Crippen LogP contribution in [0.25, 0.3) is 6.05 Å². The Morgan fingerprint density at radius 3 is 2.43 bits per heavy atom. The van der Waals surface area contributed by atoms with Gasteiger partial charge in [-0.1, -0.05) is 6.07 Å². The summed E-state index contributed by atoms with van der Waals surface area (Å²) >= 11 is 0. The summed E-state index contributed by atoms with van der Waals surface area (Å²) in [4.78, 5) is 33.1. The average Bonchev–Trinajstić information content (AvgIpc) is 2.43. The molecule has 2 N–H and O–H groups in total. The minimum absolute atomic E-state index is 0.142. The first-order valence-electron chi connectivity index (χ1n) is 6.34. The van der Waals surface area contributed by atoms with Crippen LogP contribution in [0.3, 0.4) is 0 Å². The lowest BCUT2D eigenvalue weighted by Crippen LogP contribution is -2.24. The third-order valence-corrected chi connectivity index (χ3v) is 2.20. The number of carboxylic acid groups (broad SMARTS) is 1. The summed E-state index contributed by atoms with van der Waals surface area (Å²) < 4.78 is 17.9. The quantitative estimate of drug-likeness (QED) is 0.480. The van der Waals surface area contributed by atoms with E-state index in [1.807, 2.05) is 0 Å². The normalized spacial score (nSPS) is 11.9. The first kappa shape index (κ1) is 14.6. The zero-order valence-electron chi connectivity index (χ0n) is 12.7. The van der Waals surface area contributed by atoms with Gasteiger partial charge in [-0.05, 0) is 23.7 Å². The number of aliphatic carboxylic acids is 1. The maximum Gasteiger partial charge on any atom is 0.352 e. The number of nitrogens with one attached hydrogen (secondary N) is 1. The number of hydrogen-bond acceptors (Lipinski definition) is 5. The lowest BCUT2D eigenvalue weighted by molar-refractivity contribution is -0.134. The van der Waals surface area contributed by atoms with Crippen LogP contribution in [0.5, 0.6) is 11.5 Å². The standard InChI is InChI=1S/C14H15NO6/c1-8(16)15-11(14(18)19)6-10-4-5-12(21-9(2)17)13(7-10)20-3/h4-7H,1-3H3,(H,15,16)(H,18,19)/b11-6-/i6D. The fourth-order valence-corrected chi connectivity index (χ4v) is 1.44. The van der Waals surface area contributed by atoms with Crippen molar-refractivity contribution in [2.75, 3.05) is 7.11 Å². The lowest BCUT2D eigenvalue weighted by atomic mass is 10.1. The van der Waals surface area contributed by atoms with Crippen LogP contribution in [0.15, 0.2) is 23.9 Å². The first-order valence-corrected chi connectivity index (χ1v) is 5.84. The van der Waals surface area contributed by atoms with Gasteiger partial charge >= 0.3 is 11.9 Å². The molecule has 7 heteroatoms. The average molecular weight is 294 g/mol. The Morgan fingerprint density at radius 2 is 1.95 bits per heavy atom. The maximum absolute atomic E-state index is 11.1. The molecule has 0 aliphatic rings. The van der Waals surface area contributed by atoms with Crippen LogP contribution in [0.2, 0.25) is 0 Å². The van der Waals surface area contributed by atoms with Crippen LogP contribution >= 0.6 is 0 Å². The molecule has 0 bridgehead atoms. The van der Waals surface area contributed by atoms with Crippen molar-refractivity contribution in [3.05, 3.63) is 29.5 Å². The smallest absolute Gasteiger partial charge is 0.352 e. The van der Waals surface area contributed by atoms with Crippen LogP contribution < -0.4 is 14.8 Å². The molecule has 0 aliphatic carbocycles. The zero-order valence-corrected chi connectivity index (χ0v) is 11.7. The van der Waals surface area contributed by atoms with Gasteiger partial charge in [0, 0.05) is 13.8 Å². The molecule has 0 atom stereocenters. The molecule has 1 aromatic rings. The van der Waals surface area contributed by atoms with E-state index in [1.54, 1.807) is 0 Å². The fourth-order valence-electron chi connectivity index (χ4n) is 1.44. The molecule has 0 fully saturated rings. The minimum atomic E-state index is -1.44. The van der Waals surface area contributed by atoms with E-state index < -0.39 is 29.6 Å². The lowest BCUT2D eigenvalue weighted by Gasteiger charge is -2.09. The summed E-state index contributed by atoms with van der Waals surface area (Å²) in [6.45, 7) is 2.36. The van der Waals surface area contributed by atoms with Gasteiger partial charge in [0.15, 0.2) is 11.5 Å². The topological polar surface area (TPSA) is 102 Å². The van der Waals surface area contributed by atoms with Gasteiger partial charge in [-0.3, -0.25) is 9.59 Å². The number of methoxy groups -OCH3 is 1. The van der Waals surface area contributed by atoms with Gasteiger partial charge in [-0.25, -0.2) is 4.79 Å². The van der Waals surface area contributed by atoms with E-state index >= 15 is 0 Å². The molecule has 0 aliphatic heterocycles. The Kier molecular flexibility index (Phi) is 4.92. The summed E-state index contributed by atoms with van der Waals surface area (Å²) in [5, 5.41) is 11.2. The predicted molar refractivity (Wildman–Crippen MR) is 73.7 cm³/mol. The molecular weight excluding hydrogens is 278 g/mol. The van der Waals surface area contributed by atoms with Crippen LogP contribution in [-0.4, -0.2) is 30.1 Å². The number of rotatable bonds is 5. The highest BCUT2D eigenvalue weighted by Gasteiger charge is 2.11. The summed E-state index contributed by atoms with van der Waals surface area (Å²) in [6.07, 6.45) is 0. The van der Waals surface area contributed by atoms with Crippen molar-refractivity contribution >= 4 is 23.9 Å². The van der Waals surface area contributed by atoms with Gasteiger partial charge in [0.1, 0.15) is 5.70 Å². The molecule has 21 heavy (non-hydrogen) atoms. The number of carbonyl (C=O) groups excluding carboxylic acids is 2. The van der Waals surface area contributed by atoms with E-state index in [0.717, 1.165) is 6.92 Å². The molecule has 0 radical (unpaired) electrons. The van der Waals surface area contributed by atoms with Gasteiger partial charge in [-0.2, -0.15) is 0 Å². The highest BCUT2D eigenvalue weighted by Crippen LogP contribution is 2.28. The van der Waals surface area contributed by atoms with Gasteiger partial charge < -0.3 is 19.9 Å². The van der Waals surface area contributed by atoms with Crippen LogP contribution in [0, 0.1) is 0 Å². The van der Waals surface area contributed by atoms with Crippen molar-refractivity contribution in [3.63, 3.8) is 0 Å². The van der Waals surface area contributed by atoms with Crippen molar-refractivity contribution in [2.45, 2.75) is 13.8 Å². The van der Waals surface area contributed by atoms with Gasteiger partial charge in [0.05, 0.1) is 8.48 Å². The number of esters is 1. The molecule has 1 amide bonds. The van der Waals surface area contributed by atoms with Gasteiger partial charge in [-0.15, -0.1) is 0 Å². The minimum Gasteiger partial charge on any atom is -0.493 e. The second-order valence-electron chi connectivity index (χ2n) is 3.95. The highest BCUT2D eigenvalue weighted by atomic mass is 16.6. The number of ether oxygens (including phenoxy) is 2. The van der Waals surface area contributed by atoms with E-state index in [1.165, 1.54) is 32.2 Å². The van der Waals surface area contributed by atoms with Gasteiger partial charge in [0.2, 0.25) is 5.91 Å². The molecule has 0 heterocycles. The Balaban J connectivity index is 3.32. The number of carboxylic acids is 1. The second kappa shape index (κ2) is 7.09. The van der Waals surface area contributed by atoms with Crippen molar-refractivity contribution in [3.8, 4) is 11.5 Å². The Morgan fingerprint density at radius 1 is 1.29 bits per heavy atom. The van der Waals surface area contributed by atoms with Crippen molar-refractivity contribution in [2.24, 2.45) is 0 Å². The number of carbonyl (C=O) groups is 3. The molecule has 0 saturated carbocycles. The molecular formula is C14H15NO6. The number of hydrogen-bond donors (Lipinski definition) is 2. The van der Waals surface area contributed by atoms with Crippen molar-refractivity contribution in [1.82, 2.24) is 5.32 Å². The van der Waals surface area contributed by atoms with Gasteiger partial charge in [0.25, 0.3) is 0 Å².